The van der Waals surface area contributed by atoms with Crippen LogP contribution in [0.3, 0.4) is 0 Å². The van der Waals surface area contributed by atoms with Gasteiger partial charge in [0.05, 0.1) is 6.10 Å². The number of likely N-dealkylation sites (N-methyl/N-ethyl adjacent to an activating group) is 1. The van der Waals surface area contributed by atoms with Gasteiger partial charge < -0.3 is 10.1 Å². The van der Waals surface area contributed by atoms with Crippen molar-refractivity contribution in [2.24, 2.45) is 5.41 Å². The van der Waals surface area contributed by atoms with Crippen LogP contribution in [0.1, 0.15) is 59.8 Å². The third kappa shape index (κ3) is 3.75. The molecule has 2 fully saturated rings. The molecule has 20 heavy (non-hydrogen) atoms. The largest absolute Gasteiger partial charge is 0.377 e. The Labute approximate surface area is 125 Å². The summed E-state index contributed by atoms with van der Waals surface area (Å²) < 4.78 is 5.78. The minimum Gasteiger partial charge on any atom is -0.377 e. The summed E-state index contributed by atoms with van der Waals surface area (Å²) >= 11 is 0. The summed E-state index contributed by atoms with van der Waals surface area (Å²) in [7, 11) is 2.32. The molecule has 0 aromatic heterocycles. The molecule has 2 aliphatic rings. The van der Waals surface area contributed by atoms with E-state index in [0.717, 1.165) is 13.2 Å². The molecule has 1 N–H and O–H groups in total. The van der Waals surface area contributed by atoms with Gasteiger partial charge in [0.1, 0.15) is 0 Å². The van der Waals surface area contributed by atoms with Gasteiger partial charge in [-0.2, -0.15) is 0 Å². The number of nitrogens with one attached hydrogen (secondary N) is 1. The highest BCUT2D eigenvalue weighted by atomic mass is 16.5. The molecular formula is C17H34N2O. The predicted molar refractivity (Wildman–Crippen MR) is 85.1 cm³/mol. The van der Waals surface area contributed by atoms with Gasteiger partial charge >= 0.3 is 0 Å². The van der Waals surface area contributed by atoms with Crippen LogP contribution in [-0.2, 0) is 4.74 Å². The van der Waals surface area contributed by atoms with E-state index in [2.05, 4.69) is 45.0 Å². The highest BCUT2D eigenvalue weighted by molar-refractivity contribution is 4.97. The maximum absolute atomic E-state index is 5.78. The third-order valence-electron chi connectivity index (χ3n) is 5.40. The van der Waals surface area contributed by atoms with E-state index in [9.17, 15) is 0 Å². The second kappa shape index (κ2) is 6.76. The highest BCUT2D eigenvalue weighted by Crippen LogP contribution is 2.38. The van der Waals surface area contributed by atoms with Crippen LogP contribution < -0.4 is 5.32 Å². The van der Waals surface area contributed by atoms with E-state index >= 15 is 0 Å². The molecule has 0 amide bonds. The molecule has 1 heterocycles. The summed E-state index contributed by atoms with van der Waals surface area (Å²) in [5.41, 5.74) is 0.478. The first-order valence-electron chi connectivity index (χ1n) is 8.51. The Morgan fingerprint density at radius 1 is 1.25 bits per heavy atom. The Kier molecular flexibility index (Phi) is 5.49. The highest BCUT2D eigenvalue weighted by Gasteiger charge is 2.40. The lowest BCUT2D eigenvalue weighted by molar-refractivity contribution is 0.0237. The van der Waals surface area contributed by atoms with Crippen molar-refractivity contribution in [3.05, 3.63) is 0 Å². The number of ether oxygens (including phenoxy) is 1. The molecule has 0 bridgehead atoms. The van der Waals surface area contributed by atoms with Gasteiger partial charge in [-0.3, -0.25) is 4.90 Å². The lowest BCUT2D eigenvalue weighted by atomic mass is 9.72. The van der Waals surface area contributed by atoms with Crippen LogP contribution in [0.4, 0.5) is 0 Å². The standard InChI is InChI=1S/C17H34N2O/c1-6-10-18-14-7-9-17(3,4)12-16(14)19(5)15-8-11-20-13(15)2/h13-16,18H,6-12H2,1-5H3. The molecule has 0 aromatic carbocycles. The van der Waals surface area contributed by atoms with E-state index < -0.39 is 0 Å². The first kappa shape index (κ1) is 16.3. The fraction of sp³-hybridized carbons (Fsp3) is 1.00. The Balaban J connectivity index is 2.05. The number of hydrogen-bond acceptors (Lipinski definition) is 3. The predicted octanol–water partition coefficient (Wildman–Crippen LogP) is 3.04. The maximum Gasteiger partial charge on any atom is 0.0703 e. The zero-order valence-corrected chi connectivity index (χ0v) is 14.1. The van der Waals surface area contributed by atoms with Crippen LogP contribution in [0, 0.1) is 5.41 Å². The molecule has 1 saturated heterocycles. The summed E-state index contributed by atoms with van der Waals surface area (Å²) in [6, 6.07) is 1.90. The Morgan fingerprint density at radius 2 is 2.00 bits per heavy atom. The van der Waals surface area contributed by atoms with Gasteiger partial charge in [-0.15, -0.1) is 0 Å². The number of nitrogens with zero attached hydrogens (tertiary/aromatic N) is 1. The van der Waals surface area contributed by atoms with E-state index in [0.29, 0.717) is 29.6 Å². The smallest absolute Gasteiger partial charge is 0.0703 e. The quantitative estimate of drug-likeness (QED) is 0.839. The average Bonchev–Trinajstić information content (AvgIpc) is 2.82. The van der Waals surface area contributed by atoms with Crippen LogP contribution >= 0.6 is 0 Å². The van der Waals surface area contributed by atoms with Crippen molar-refractivity contribution in [3.8, 4) is 0 Å². The SMILES string of the molecule is CCCNC1CCC(C)(C)CC1N(C)C1CCOC1C. The summed E-state index contributed by atoms with van der Waals surface area (Å²) in [6.07, 6.45) is 6.75. The Bertz CT molecular complexity index is 305. The zero-order valence-electron chi connectivity index (χ0n) is 14.1. The molecular weight excluding hydrogens is 248 g/mol. The van der Waals surface area contributed by atoms with Crippen LogP contribution in [0.15, 0.2) is 0 Å². The topological polar surface area (TPSA) is 24.5 Å². The molecule has 3 nitrogen and oxygen atoms in total. The van der Waals surface area contributed by atoms with E-state index in [4.69, 9.17) is 4.74 Å². The van der Waals surface area contributed by atoms with E-state index in [1.807, 2.05) is 0 Å². The monoisotopic (exact) mass is 282 g/mol. The van der Waals surface area contributed by atoms with Crippen LogP contribution in [0.5, 0.6) is 0 Å². The number of hydrogen-bond donors (Lipinski definition) is 1. The molecule has 0 aromatic rings. The molecule has 1 saturated carbocycles. The molecule has 4 unspecified atom stereocenters. The lowest BCUT2D eigenvalue weighted by Crippen LogP contribution is -2.57. The van der Waals surface area contributed by atoms with E-state index in [-0.39, 0.29) is 0 Å². The minimum atomic E-state index is 0.386. The minimum absolute atomic E-state index is 0.386. The van der Waals surface area contributed by atoms with Crippen molar-refractivity contribution >= 4 is 0 Å². The fourth-order valence-electron chi connectivity index (χ4n) is 4.05. The molecule has 3 heteroatoms. The van der Waals surface area contributed by atoms with Gasteiger partial charge in [0.2, 0.25) is 0 Å². The van der Waals surface area contributed by atoms with Crippen molar-refractivity contribution in [2.75, 3.05) is 20.2 Å². The van der Waals surface area contributed by atoms with Gasteiger partial charge in [-0.1, -0.05) is 20.8 Å². The van der Waals surface area contributed by atoms with Crippen LogP contribution in [0.25, 0.3) is 0 Å². The second-order valence-corrected chi connectivity index (χ2v) is 7.63. The van der Waals surface area contributed by atoms with Crippen LogP contribution in [0.2, 0.25) is 0 Å². The fourth-order valence-corrected chi connectivity index (χ4v) is 4.05. The van der Waals surface area contributed by atoms with Crippen molar-refractivity contribution in [1.29, 1.82) is 0 Å². The first-order chi connectivity index (χ1) is 9.44. The van der Waals surface area contributed by atoms with Crippen molar-refractivity contribution in [1.82, 2.24) is 10.2 Å². The van der Waals surface area contributed by atoms with E-state index in [1.165, 1.54) is 32.1 Å². The van der Waals surface area contributed by atoms with Gasteiger partial charge in [-0.25, -0.2) is 0 Å². The normalized spacial score (nSPS) is 37.5. The average molecular weight is 282 g/mol. The van der Waals surface area contributed by atoms with Gasteiger partial charge in [0.25, 0.3) is 0 Å². The van der Waals surface area contributed by atoms with E-state index in [1.54, 1.807) is 0 Å². The summed E-state index contributed by atoms with van der Waals surface area (Å²) in [4.78, 5) is 2.63. The first-order valence-corrected chi connectivity index (χ1v) is 8.51. The third-order valence-corrected chi connectivity index (χ3v) is 5.40. The van der Waals surface area contributed by atoms with Gasteiger partial charge in [-0.05, 0) is 58.0 Å². The summed E-state index contributed by atoms with van der Waals surface area (Å²) in [5, 5.41) is 3.80. The molecule has 0 radical (unpaired) electrons. The molecule has 118 valence electrons. The maximum atomic E-state index is 5.78. The van der Waals surface area contributed by atoms with Gasteiger partial charge in [0, 0.05) is 24.7 Å². The summed E-state index contributed by atoms with van der Waals surface area (Å²) in [5.74, 6) is 0. The molecule has 1 aliphatic carbocycles. The van der Waals surface area contributed by atoms with Gasteiger partial charge in [0.15, 0.2) is 0 Å². The molecule has 0 spiro atoms. The zero-order chi connectivity index (χ0) is 14.8. The molecule has 1 aliphatic heterocycles. The lowest BCUT2D eigenvalue weighted by Gasteiger charge is -2.47. The van der Waals surface area contributed by atoms with Crippen molar-refractivity contribution in [2.45, 2.75) is 84.0 Å². The summed E-state index contributed by atoms with van der Waals surface area (Å²) in [6.45, 7) is 11.4. The van der Waals surface area contributed by atoms with Crippen molar-refractivity contribution in [3.63, 3.8) is 0 Å². The Hall–Kier alpha value is -0.120. The molecule has 4 atom stereocenters. The number of rotatable bonds is 5. The molecule has 2 rings (SSSR count). The van der Waals surface area contributed by atoms with Crippen molar-refractivity contribution < 1.29 is 4.74 Å². The second-order valence-electron chi connectivity index (χ2n) is 7.63. The Morgan fingerprint density at radius 3 is 2.60 bits per heavy atom. The van der Waals surface area contributed by atoms with Crippen LogP contribution in [-0.4, -0.2) is 49.3 Å².